The van der Waals surface area contributed by atoms with Crippen LogP contribution in [0.15, 0.2) is 0 Å². The SMILES string of the molecule is CC(=O)c1c(C)[nH]c(C(=O)O[C@H](C)C(=O)NC(=O)NC2CCCCC2)c1C. The first-order valence-electron chi connectivity index (χ1n) is 9.23. The molecular formula is C19H27N3O5. The summed E-state index contributed by atoms with van der Waals surface area (Å²) >= 11 is 0. The minimum atomic E-state index is -1.15. The van der Waals surface area contributed by atoms with Crippen LogP contribution in [-0.4, -0.2) is 40.8 Å². The maximum atomic E-state index is 12.3. The zero-order valence-electron chi connectivity index (χ0n) is 16.2. The molecule has 0 saturated heterocycles. The number of urea groups is 1. The smallest absolute Gasteiger partial charge is 0.355 e. The molecule has 1 aliphatic carbocycles. The summed E-state index contributed by atoms with van der Waals surface area (Å²) in [6.45, 7) is 6.13. The van der Waals surface area contributed by atoms with Gasteiger partial charge in [-0.15, -0.1) is 0 Å². The molecule has 27 heavy (non-hydrogen) atoms. The Labute approximate surface area is 158 Å². The highest BCUT2D eigenvalue weighted by atomic mass is 16.5. The van der Waals surface area contributed by atoms with Gasteiger partial charge in [0.15, 0.2) is 11.9 Å². The molecule has 0 bridgehead atoms. The quantitative estimate of drug-likeness (QED) is 0.538. The highest BCUT2D eigenvalue weighted by Gasteiger charge is 2.26. The van der Waals surface area contributed by atoms with Crippen LogP contribution in [0.5, 0.6) is 0 Å². The van der Waals surface area contributed by atoms with E-state index in [9.17, 15) is 19.2 Å². The van der Waals surface area contributed by atoms with Crippen molar-refractivity contribution >= 4 is 23.7 Å². The number of H-pyrrole nitrogens is 1. The summed E-state index contributed by atoms with van der Waals surface area (Å²) in [5.41, 5.74) is 1.61. The highest BCUT2D eigenvalue weighted by molar-refractivity contribution is 6.02. The zero-order chi connectivity index (χ0) is 20.1. The molecule has 0 radical (unpaired) electrons. The molecule has 1 aromatic heterocycles. The van der Waals surface area contributed by atoms with E-state index >= 15 is 0 Å². The number of hydrogen-bond donors (Lipinski definition) is 3. The van der Waals surface area contributed by atoms with Gasteiger partial charge in [0.05, 0.1) is 0 Å². The van der Waals surface area contributed by atoms with Crippen LogP contribution in [0.2, 0.25) is 0 Å². The average Bonchev–Trinajstić information content (AvgIpc) is 2.90. The van der Waals surface area contributed by atoms with Gasteiger partial charge in [-0.25, -0.2) is 9.59 Å². The number of imide groups is 1. The maximum absolute atomic E-state index is 12.3. The zero-order valence-corrected chi connectivity index (χ0v) is 16.2. The molecule has 1 aromatic rings. The van der Waals surface area contributed by atoms with Gasteiger partial charge in [0.25, 0.3) is 5.91 Å². The molecule has 3 amide bonds. The van der Waals surface area contributed by atoms with Crippen molar-refractivity contribution in [1.82, 2.24) is 15.6 Å². The van der Waals surface area contributed by atoms with Crippen molar-refractivity contribution in [2.45, 2.75) is 71.9 Å². The Bertz CT molecular complexity index is 747. The fourth-order valence-electron chi connectivity index (χ4n) is 3.44. The van der Waals surface area contributed by atoms with Crippen LogP contribution in [0.4, 0.5) is 4.79 Å². The molecule has 1 aliphatic rings. The Kier molecular flexibility index (Phi) is 6.76. The topological polar surface area (TPSA) is 117 Å². The number of carbonyl (C=O) groups excluding carboxylic acids is 4. The number of aromatic amines is 1. The van der Waals surface area contributed by atoms with Gasteiger partial charge < -0.3 is 15.0 Å². The van der Waals surface area contributed by atoms with Gasteiger partial charge in [-0.1, -0.05) is 19.3 Å². The lowest BCUT2D eigenvalue weighted by atomic mass is 9.96. The molecular weight excluding hydrogens is 350 g/mol. The van der Waals surface area contributed by atoms with Gasteiger partial charge in [-0.05, 0) is 46.1 Å². The third kappa shape index (κ3) is 5.18. The molecule has 8 nitrogen and oxygen atoms in total. The lowest BCUT2D eigenvalue weighted by molar-refractivity contribution is -0.127. The molecule has 2 rings (SSSR count). The van der Waals surface area contributed by atoms with Gasteiger partial charge >= 0.3 is 12.0 Å². The van der Waals surface area contributed by atoms with E-state index in [1.165, 1.54) is 13.8 Å². The normalized spacial score (nSPS) is 15.7. The van der Waals surface area contributed by atoms with Crippen molar-refractivity contribution in [3.63, 3.8) is 0 Å². The molecule has 1 heterocycles. The van der Waals surface area contributed by atoms with Crippen LogP contribution in [0, 0.1) is 13.8 Å². The Morgan fingerprint density at radius 2 is 1.74 bits per heavy atom. The molecule has 0 unspecified atom stereocenters. The second-order valence-electron chi connectivity index (χ2n) is 7.03. The number of aryl methyl sites for hydroxylation is 1. The molecule has 3 N–H and O–H groups in total. The minimum Gasteiger partial charge on any atom is -0.448 e. The number of Topliss-reactive ketones (excluding diaryl/α,β-unsaturated/α-hetero) is 1. The molecule has 1 saturated carbocycles. The van der Waals surface area contributed by atoms with E-state index in [2.05, 4.69) is 15.6 Å². The van der Waals surface area contributed by atoms with Crippen LogP contribution >= 0.6 is 0 Å². The van der Waals surface area contributed by atoms with E-state index in [1.54, 1.807) is 13.8 Å². The van der Waals surface area contributed by atoms with Crippen LogP contribution < -0.4 is 10.6 Å². The molecule has 8 heteroatoms. The minimum absolute atomic E-state index is 0.0685. The second-order valence-corrected chi connectivity index (χ2v) is 7.03. The van der Waals surface area contributed by atoms with E-state index in [0.29, 0.717) is 16.8 Å². The number of ether oxygens (including phenoxy) is 1. The van der Waals surface area contributed by atoms with Crippen LogP contribution in [-0.2, 0) is 9.53 Å². The second kappa shape index (κ2) is 8.83. The average molecular weight is 377 g/mol. The molecule has 148 valence electrons. The predicted octanol–water partition coefficient (Wildman–Crippen LogP) is 2.54. The summed E-state index contributed by atoms with van der Waals surface area (Å²) in [5.74, 6) is -1.62. The third-order valence-electron chi connectivity index (χ3n) is 4.82. The van der Waals surface area contributed by atoms with Crippen molar-refractivity contribution in [3.05, 3.63) is 22.5 Å². The first-order valence-corrected chi connectivity index (χ1v) is 9.23. The molecule has 0 aromatic carbocycles. The van der Waals surface area contributed by atoms with E-state index in [4.69, 9.17) is 4.74 Å². The van der Waals surface area contributed by atoms with E-state index < -0.39 is 24.0 Å². The monoisotopic (exact) mass is 377 g/mol. The molecule has 0 aliphatic heterocycles. The number of aromatic nitrogens is 1. The van der Waals surface area contributed by atoms with E-state index in [-0.39, 0.29) is 17.5 Å². The fraction of sp³-hybridized carbons (Fsp3) is 0.579. The van der Waals surface area contributed by atoms with Crippen LogP contribution in [0.3, 0.4) is 0 Å². The van der Waals surface area contributed by atoms with Crippen LogP contribution in [0.1, 0.15) is 78.1 Å². The van der Waals surface area contributed by atoms with Crippen molar-refractivity contribution in [1.29, 1.82) is 0 Å². The Morgan fingerprint density at radius 3 is 2.30 bits per heavy atom. The lowest BCUT2D eigenvalue weighted by Gasteiger charge is -2.23. The highest BCUT2D eigenvalue weighted by Crippen LogP contribution is 2.20. The van der Waals surface area contributed by atoms with E-state index in [1.807, 2.05) is 0 Å². The van der Waals surface area contributed by atoms with Gasteiger partial charge in [0.2, 0.25) is 0 Å². The Morgan fingerprint density at radius 1 is 1.11 bits per heavy atom. The van der Waals surface area contributed by atoms with Crippen LogP contribution in [0.25, 0.3) is 0 Å². The maximum Gasteiger partial charge on any atom is 0.355 e. The molecule has 1 fully saturated rings. The number of carbonyl (C=O) groups is 4. The van der Waals surface area contributed by atoms with Crippen molar-refractivity contribution in [2.24, 2.45) is 0 Å². The Hall–Kier alpha value is -2.64. The third-order valence-corrected chi connectivity index (χ3v) is 4.82. The van der Waals surface area contributed by atoms with Gasteiger partial charge in [0, 0.05) is 17.3 Å². The first kappa shape index (κ1) is 20.7. The summed E-state index contributed by atoms with van der Waals surface area (Å²) in [4.78, 5) is 50.9. The molecule has 1 atom stereocenters. The standard InChI is InChI=1S/C19H27N3O5/c1-10-15(12(3)23)11(2)20-16(10)18(25)27-13(4)17(24)22-19(26)21-14-8-6-5-7-9-14/h13-14,20H,5-9H2,1-4H3,(H2,21,22,24,26)/t13-/m1/s1. The van der Waals surface area contributed by atoms with Gasteiger partial charge in [-0.3, -0.25) is 14.9 Å². The lowest BCUT2D eigenvalue weighted by Crippen LogP contribution is -2.48. The number of rotatable bonds is 5. The van der Waals surface area contributed by atoms with Gasteiger partial charge in [0.1, 0.15) is 5.69 Å². The number of amides is 3. The number of hydrogen-bond acceptors (Lipinski definition) is 5. The van der Waals surface area contributed by atoms with Crippen molar-refractivity contribution in [2.75, 3.05) is 0 Å². The summed E-state index contributed by atoms with van der Waals surface area (Å²) in [6.07, 6.45) is 3.92. The first-order chi connectivity index (χ1) is 12.7. The van der Waals surface area contributed by atoms with E-state index in [0.717, 1.165) is 32.1 Å². The summed E-state index contributed by atoms with van der Waals surface area (Å²) in [6, 6.07) is -0.514. The fourth-order valence-corrected chi connectivity index (χ4v) is 3.44. The number of nitrogens with one attached hydrogen (secondary N) is 3. The van der Waals surface area contributed by atoms with Gasteiger partial charge in [-0.2, -0.15) is 0 Å². The predicted molar refractivity (Wildman–Crippen MR) is 98.7 cm³/mol. The Balaban J connectivity index is 1.91. The largest absolute Gasteiger partial charge is 0.448 e. The summed E-state index contributed by atoms with van der Waals surface area (Å²) in [5, 5.41) is 4.97. The van der Waals surface area contributed by atoms with Crippen molar-refractivity contribution in [3.8, 4) is 0 Å². The number of ketones is 1. The molecule has 0 spiro atoms. The summed E-state index contributed by atoms with van der Waals surface area (Å²) < 4.78 is 5.14. The van der Waals surface area contributed by atoms with Crippen molar-refractivity contribution < 1.29 is 23.9 Å². The summed E-state index contributed by atoms with van der Waals surface area (Å²) in [7, 11) is 0. The number of esters is 1.